The lowest BCUT2D eigenvalue weighted by Crippen LogP contribution is -2.66. The van der Waals surface area contributed by atoms with Crippen molar-refractivity contribution in [3.63, 3.8) is 0 Å². The molecule has 40 heavy (non-hydrogen) atoms. The summed E-state index contributed by atoms with van der Waals surface area (Å²) in [5, 5.41) is 24.8. The minimum absolute atomic E-state index is 0.0365. The third-order valence-electron chi connectivity index (χ3n) is 13.9. The Bertz CT molecular complexity index is 1280. The molecule has 1 aliphatic heterocycles. The molecule has 9 unspecified atom stereocenters. The standard InChI is InChI=1S/C33H48N4O3/c1-20(2)21(3)30(5)12-13-31(6)23-8-9-25-29(4)14-22(37-19-35-26(16-34)36-37)15-33(25,18-40-17-29)24(23)10-11-32(31,7)27(30)28(38)39/h10,19-23,25,27H,8-9,11-15,17-18H2,1-7H3,(H,38,39)/t21-,22?,23?,25?,27?,29?,30?,31?,32?,33?/m1/s1. The van der Waals surface area contributed by atoms with E-state index in [4.69, 9.17) is 4.74 Å². The van der Waals surface area contributed by atoms with Crippen molar-refractivity contribution < 1.29 is 14.6 Å². The van der Waals surface area contributed by atoms with Crippen LogP contribution in [-0.4, -0.2) is 39.1 Å². The quantitative estimate of drug-likeness (QED) is 0.422. The minimum Gasteiger partial charge on any atom is -0.481 e. The highest BCUT2D eigenvalue weighted by atomic mass is 16.5. The first kappa shape index (κ1) is 27.9. The Morgan fingerprint density at radius 3 is 2.52 bits per heavy atom. The maximum atomic E-state index is 13.2. The Labute approximate surface area is 239 Å². The fraction of sp³-hybridized carbons (Fsp3) is 0.818. The second-order valence-corrected chi connectivity index (χ2v) is 15.7. The Balaban J connectivity index is 1.45. The van der Waals surface area contributed by atoms with Crippen LogP contribution in [0.3, 0.4) is 0 Å². The Morgan fingerprint density at radius 2 is 1.88 bits per heavy atom. The van der Waals surface area contributed by atoms with Crippen molar-refractivity contribution in [2.75, 3.05) is 13.2 Å². The lowest BCUT2D eigenvalue weighted by atomic mass is 9.34. The first-order valence-electron chi connectivity index (χ1n) is 15.6. The van der Waals surface area contributed by atoms with Gasteiger partial charge in [-0.3, -0.25) is 4.79 Å². The van der Waals surface area contributed by atoms with Gasteiger partial charge in [0.2, 0.25) is 0 Å². The molecule has 0 amide bonds. The number of rotatable bonds is 4. The SMILES string of the molecule is CC(C)[C@@H](C)C1(C)CCC2(C)C3CCC4C5(C)COCC4(CC(n4cnc(C#N)n4)C5)C3=CCC2(C)C1C(=O)O. The summed E-state index contributed by atoms with van der Waals surface area (Å²) in [5.74, 6) is 0.922. The van der Waals surface area contributed by atoms with Gasteiger partial charge in [-0.15, -0.1) is 5.10 Å². The van der Waals surface area contributed by atoms with Crippen LogP contribution in [0.25, 0.3) is 0 Å². The second-order valence-electron chi connectivity index (χ2n) is 15.7. The Morgan fingerprint density at radius 1 is 1.12 bits per heavy atom. The summed E-state index contributed by atoms with van der Waals surface area (Å²) in [5.41, 5.74) is 0.875. The zero-order chi connectivity index (χ0) is 28.9. The molecule has 1 aromatic rings. The molecule has 4 fully saturated rings. The number of hydrogen-bond donors (Lipinski definition) is 1. The van der Waals surface area contributed by atoms with E-state index in [1.165, 1.54) is 6.42 Å². The molecule has 6 rings (SSSR count). The van der Waals surface area contributed by atoms with Crippen LogP contribution in [0, 0.1) is 68.0 Å². The van der Waals surface area contributed by atoms with E-state index >= 15 is 0 Å². The molecule has 1 aromatic heterocycles. The van der Waals surface area contributed by atoms with E-state index in [1.807, 2.05) is 4.68 Å². The highest BCUT2D eigenvalue weighted by Gasteiger charge is 2.70. The number of carbonyl (C=O) groups is 1. The first-order valence-corrected chi connectivity index (χ1v) is 15.6. The van der Waals surface area contributed by atoms with Crippen LogP contribution in [0.5, 0.6) is 0 Å². The number of nitrogens with zero attached hydrogens (tertiary/aromatic N) is 4. The van der Waals surface area contributed by atoms with Crippen LogP contribution < -0.4 is 0 Å². The summed E-state index contributed by atoms with van der Waals surface area (Å²) in [4.78, 5) is 17.5. The molecule has 1 saturated heterocycles. The molecular weight excluding hydrogens is 500 g/mol. The number of aromatic nitrogens is 3. The number of carboxylic acids is 1. The molecule has 1 N–H and O–H groups in total. The largest absolute Gasteiger partial charge is 0.481 e. The summed E-state index contributed by atoms with van der Waals surface area (Å²) in [6, 6.07) is 2.27. The molecule has 2 bridgehead atoms. The lowest BCUT2D eigenvalue weighted by Gasteiger charge is -2.70. The Kier molecular flexibility index (Phi) is 6.22. The lowest BCUT2D eigenvalue weighted by molar-refractivity contribution is -0.213. The summed E-state index contributed by atoms with van der Waals surface area (Å²) in [6.07, 6.45) is 11.3. The van der Waals surface area contributed by atoms with Crippen LogP contribution in [0.4, 0.5) is 0 Å². The summed E-state index contributed by atoms with van der Waals surface area (Å²) < 4.78 is 8.41. The second kappa shape index (κ2) is 8.90. The number of nitriles is 1. The predicted octanol–water partition coefficient (Wildman–Crippen LogP) is 6.67. The van der Waals surface area contributed by atoms with Crippen LogP contribution in [-0.2, 0) is 9.53 Å². The number of carboxylic acid groups (broad SMARTS) is 1. The summed E-state index contributed by atoms with van der Waals surface area (Å²) in [7, 11) is 0. The van der Waals surface area contributed by atoms with Gasteiger partial charge in [-0.25, -0.2) is 9.67 Å². The smallest absolute Gasteiger partial charge is 0.307 e. The zero-order valence-electron chi connectivity index (χ0n) is 25.5. The molecular formula is C33H48N4O3. The highest BCUT2D eigenvalue weighted by Crippen LogP contribution is 2.75. The van der Waals surface area contributed by atoms with E-state index in [0.29, 0.717) is 23.7 Å². The number of ether oxygens (including phenoxy) is 1. The van der Waals surface area contributed by atoms with E-state index in [2.05, 4.69) is 70.7 Å². The van der Waals surface area contributed by atoms with E-state index in [9.17, 15) is 15.2 Å². The van der Waals surface area contributed by atoms with E-state index in [1.54, 1.807) is 11.9 Å². The molecule has 10 atom stereocenters. The fourth-order valence-electron chi connectivity index (χ4n) is 11.4. The molecule has 0 spiro atoms. The van der Waals surface area contributed by atoms with Crippen molar-refractivity contribution in [2.45, 2.75) is 99.5 Å². The third-order valence-corrected chi connectivity index (χ3v) is 13.9. The summed E-state index contributed by atoms with van der Waals surface area (Å²) in [6.45, 7) is 17.7. The van der Waals surface area contributed by atoms with E-state index in [0.717, 1.165) is 51.7 Å². The van der Waals surface area contributed by atoms with Crippen molar-refractivity contribution in [2.24, 2.45) is 56.7 Å². The van der Waals surface area contributed by atoms with Gasteiger partial charge < -0.3 is 9.84 Å². The molecule has 0 radical (unpaired) electrons. The van der Waals surface area contributed by atoms with Gasteiger partial charge in [-0.2, -0.15) is 5.26 Å². The molecule has 0 aromatic carbocycles. The van der Waals surface area contributed by atoms with Crippen LogP contribution in [0.2, 0.25) is 0 Å². The van der Waals surface area contributed by atoms with Gasteiger partial charge in [0, 0.05) is 5.41 Å². The van der Waals surface area contributed by atoms with Crippen LogP contribution in [0.15, 0.2) is 18.0 Å². The molecule has 2 heterocycles. The predicted molar refractivity (Wildman–Crippen MR) is 152 cm³/mol. The molecule has 218 valence electrons. The first-order chi connectivity index (χ1) is 18.8. The van der Waals surface area contributed by atoms with Gasteiger partial charge in [0.1, 0.15) is 12.4 Å². The minimum atomic E-state index is -0.613. The van der Waals surface area contributed by atoms with Crippen LogP contribution in [0.1, 0.15) is 105 Å². The average molecular weight is 549 g/mol. The van der Waals surface area contributed by atoms with Gasteiger partial charge in [0.25, 0.3) is 5.82 Å². The molecule has 3 saturated carbocycles. The van der Waals surface area contributed by atoms with Crippen molar-refractivity contribution >= 4 is 5.97 Å². The monoisotopic (exact) mass is 548 g/mol. The van der Waals surface area contributed by atoms with Gasteiger partial charge in [-0.1, -0.05) is 60.1 Å². The molecule has 7 heteroatoms. The van der Waals surface area contributed by atoms with E-state index in [-0.39, 0.29) is 44.9 Å². The number of hydrogen-bond acceptors (Lipinski definition) is 5. The topological polar surface area (TPSA) is 101 Å². The van der Waals surface area contributed by atoms with Gasteiger partial charge in [0.05, 0.1) is 25.2 Å². The van der Waals surface area contributed by atoms with Gasteiger partial charge >= 0.3 is 5.97 Å². The van der Waals surface area contributed by atoms with Gasteiger partial charge in [0.15, 0.2) is 0 Å². The Hall–Kier alpha value is -2.20. The third kappa shape index (κ3) is 3.47. The number of aliphatic carboxylic acids is 1. The average Bonchev–Trinajstić information content (AvgIpc) is 3.37. The van der Waals surface area contributed by atoms with Crippen LogP contribution >= 0.6 is 0 Å². The fourth-order valence-corrected chi connectivity index (χ4v) is 11.4. The number of fused-ring (bicyclic) bond motifs is 3. The van der Waals surface area contributed by atoms with Crippen molar-refractivity contribution in [3.8, 4) is 6.07 Å². The van der Waals surface area contributed by atoms with Crippen molar-refractivity contribution in [3.05, 3.63) is 23.8 Å². The molecule has 7 nitrogen and oxygen atoms in total. The maximum Gasteiger partial charge on any atom is 0.307 e. The zero-order valence-corrected chi connectivity index (χ0v) is 25.5. The van der Waals surface area contributed by atoms with Crippen molar-refractivity contribution in [1.82, 2.24) is 14.8 Å². The summed E-state index contributed by atoms with van der Waals surface area (Å²) >= 11 is 0. The highest BCUT2D eigenvalue weighted by molar-refractivity contribution is 5.73. The van der Waals surface area contributed by atoms with Gasteiger partial charge in [-0.05, 0) is 90.3 Å². The molecule has 4 aliphatic carbocycles. The normalized spacial score (nSPS) is 46.8. The number of allylic oxidation sites excluding steroid dienone is 1. The maximum absolute atomic E-state index is 13.2. The van der Waals surface area contributed by atoms with E-state index < -0.39 is 5.97 Å². The van der Waals surface area contributed by atoms with Crippen molar-refractivity contribution in [1.29, 1.82) is 5.26 Å². The molecule has 5 aliphatic rings.